The summed E-state index contributed by atoms with van der Waals surface area (Å²) in [5.74, 6) is -0.701. The number of aromatic nitrogens is 4. The van der Waals surface area contributed by atoms with Crippen LogP contribution in [-0.2, 0) is 7.05 Å². The first-order chi connectivity index (χ1) is 6.61. The number of rotatable bonds is 1. The molecule has 2 heterocycles. The average Bonchev–Trinajstić information content (AvgIpc) is 2.55. The van der Waals surface area contributed by atoms with Crippen molar-refractivity contribution in [2.45, 2.75) is 0 Å². The van der Waals surface area contributed by atoms with E-state index in [4.69, 9.17) is 5.73 Å². The fraction of sp³-hybridized carbons (Fsp3) is 0.143. The van der Waals surface area contributed by atoms with Gasteiger partial charge in [-0.15, -0.1) is 0 Å². The van der Waals surface area contributed by atoms with Gasteiger partial charge in [0.2, 0.25) is 0 Å². The smallest absolute Gasteiger partial charge is 0.336 e. The van der Waals surface area contributed by atoms with Gasteiger partial charge in [-0.3, -0.25) is 9.36 Å². The molecule has 2 N–H and O–H groups in total. The minimum Gasteiger partial charge on any atom is -0.364 e. The SMILES string of the molecule is Cn1cnc2c(C(N)=O)ncn2c1=O. The Hall–Kier alpha value is -2.18. The van der Waals surface area contributed by atoms with Crippen molar-refractivity contribution < 1.29 is 4.79 Å². The summed E-state index contributed by atoms with van der Waals surface area (Å²) in [4.78, 5) is 29.9. The molecule has 0 aliphatic carbocycles. The van der Waals surface area contributed by atoms with Gasteiger partial charge in [0.1, 0.15) is 12.7 Å². The third kappa shape index (κ3) is 0.987. The molecular formula is C7H7N5O2. The maximum atomic E-state index is 11.5. The number of aryl methyl sites for hydroxylation is 1. The van der Waals surface area contributed by atoms with Crippen molar-refractivity contribution in [2.75, 3.05) is 0 Å². The third-order valence-corrected chi connectivity index (χ3v) is 1.84. The molecule has 0 spiro atoms. The van der Waals surface area contributed by atoms with Gasteiger partial charge in [-0.25, -0.2) is 19.2 Å². The van der Waals surface area contributed by atoms with E-state index < -0.39 is 5.91 Å². The molecular weight excluding hydrogens is 186 g/mol. The predicted octanol–water partition coefficient (Wildman–Crippen LogP) is -1.47. The number of amides is 1. The van der Waals surface area contributed by atoms with E-state index in [1.165, 1.54) is 21.6 Å². The normalized spacial score (nSPS) is 10.6. The fourth-order valence-corrected chi connectivity index (χ4v) is 1.14. The molecule has 0 aromatic carbocycles. The number of nitrogens with zero attached hydrogens (tertiary/aromatic N) is 4. The Bertz CT molecular complexity index is 567. The first kappa shape index (κ1) is 8.42. The van der Waals surface area contributed by atoms with Gasteiger partial charge in [-0.1, -0.05) is 0 Å². The maximum Gasteiger partial charge on any atom is 0.336 e. The van der Waals surface area contributed by atoms with Crippen LogP contribution in [0.15, 0.2) is 17.4 Å². The Balaban J connectivity index is 2.91. The predicted molar refractivity (Wildman–Crippen MR) is 46.7 cm³/mol. The summed E-state index contributed by atoms with van der Waals surface area (Å²) in [7, 11) is 1.55. The summed E-state index contributed by atoms with van der Waals surface area (Å²) >= 11 is 0. The second-order valence-corrected chi connectivity index (χ2v) is 2.79. The molecule has 0 atom stereocenters. The lowest BCUT2D eigenvalue weighted by Gasteiger charge is -1.96. The number of carbonyl (C=O) groups excluding carboxylic acids is 1. The van der Waals surface area contributed by atoms with Crippen LogP contribution in [0.3, 0.4) is 0 Å². The largest absolute Gasteiger partial charge is 0.364 e. The third-order valence-electron chi connectivity index (χ3n) is 1.84. The van der Waals surface area contributed by atoms with E-state index in [1.54, 1.807) is 7.05 Å². The molecule has 7 heteroatoms. The Morgan fingerprint density at radius 3 is 2.79 bits per heavy atom. The highest BCUT2D eigenvalue weighted by Crippen LogP contribution is 2.01. The Morgan fingerprint density at radius 2 is 2.14 bits per heavy atom. The van der Waals surface area contributed by atoms with E-state index >= 15 is 0 Å². The van der Waals surface area contributed by atoms with Crippen LogP contribution in [0.1, 0.15) is 10.5 Å². The minimum atomic E-state index is -0.701. The van der Waals surface area contributed by atoms with Crippen LogP contribution in [0.2, 0.25) is 0 Å². The van der Waals surface area contributed by atoms with Gasteiger partial charge in [-0.05, 0) is 0 Å². The quantitative estimate of drug-likeness (QED) is 0.597. The summed E-state index contributed by atoms with van der Waals surface area (Å²) in [6.07, 6.45) is 2.54. The highest BCUT2D eigenvalue weighted by molar-refractivity contribution is 5.96. The van der Waals surface area contributed by atoms with Crippen LogP contribution in [0.5, 0.6) is 0 Å². The monoisotopic (exact) mass is 193 g/mol. The van der Waals surface area contributed by atoms with E-state index in [2.05, 4.69) is 9.97 Å². The molecule has 0 fully saturated rings. The number of fused-ring (bicyclic) bond motifs is 1. The lowest BCUT2D eigenvalue weighted by Crippen LogP contribution is -2.24. The second kappa shape index (κ2) is 2.66. The lowest BCUT2D eigenvalue weighted by molar-refractivity contribution is 0.0997. The van der Waals surface area contributed by atoms with Crippen LogP contribution in [0.4, 0.5) is 0 Å². The molecule has 0 radical (unpaired) electrons. The zero-order valence-electron chi connectivity index (χ0n) is 7.34. The summed E-state index contributed by atoms with van der Waals surface area (Å²) in [6, 6.07) is 0. The number of nitrogens with two attached hydrogens (primary N) is 1. The van der Waals surface area contributed by atoms with Crippen molar-refractivity contribution >= 4 is 11.6 Å². The molecule has 2 rings (SSSR count). The molecule has 1 amide bonds. The summed E-state index contributed by atoms with van der Waals surface area (Å²) < 4.78 is 2.44. The zero-order valence-corrected chi connectivity index (χ0v) is 7.34. The van der Waals surface area contributed by atoms with E-state index in [1.807, 2.05) is 0 Å². The molecule has 0 unspecified atom stereocenters. The summed E-state index contributed by atoms with van der Waals surface area (Å²) in [5, 5.41) is 0. The lowest BCUT2D eigenvalue weighted by atomic mass is 10.4. The highest BCUT2D eigenvalue weighted by atomic mass is 16.2. The van der Waals surface area contributed by atoms with Crippen LogP contribution in [0, 0.1) is 0 Å². The van der Waals surface area contributed by atoms with Gasteiger partial charge in [-0.2, -0.15) is 0 Å². The van der Waals surface area contributed by atoms with E-state index in [0.29, 0.717) is 0 Å². The number of hydrogen-bond acceptors (Lipinski definition) is 4. The van der Waals surface area contributed by atoms with Gasteiger partial charge in [0.25, 0.3) is 5.91 Å². The van der Waals surface area contributed by atoms with Gasteiger partial charge in [0, 0.05) is 7.05 Å². The molecule has 2 aromatic heterocycles. The van der Waals surface area contributed by atoms with Crippen molar-refractivity contribution in [3.05, 3.63) is 28.8 Å². The Labute approximate surface area is 77.8 Å². The van der Waals surface area contributed by atoms with Crippen LogP contribution in [0.25, 0.3) is 5.65 Å². The van der Waals surface area contributed by atoms with Crippen molar-refractivity contribution in [1.82, 2.24) is 18.9 Å². The van der Waals surface area contributed by atoms with Crippen molar-refractivity contribution in [3.8, 4) is 0 Å². The molecule has 14 heavy (non-hydrogen) atoms. The van der Waals surface area contributed by atoms with E-state index in [9.17, 15) is 9.59 Å². The molecule has 0 aliphatic rings. The molecule has 0 aliphatic heterocycles. The molecule has 0 bridgehead atoms. The zero-order chi connectivity index (χ0) is 10.3. The molecule has 0 saturated carbocycles. The minimum absolute atomic E-state index is 0.00250. The second-order valence-electron chi connectivity index (χ2n) is 2.79. The molecule has 72 valence electrons. The standard InChI is InChI=1S/C7H7N5O2/c1-11-2-10-6-4(5(8)13)9-3-12(6)7(11)14/h2-3H,1H3,(H2,8,13). The van der Waals surface area contributed by atoms with Crippen LogP contribution in [-0.4, -0.2) is 24.8 Å². The van der Waals surface area contributed by atoms with Crippen molar-refractivity contribution in [1.29, 1.82) is 0 Å². The molecule has 0 saturated heterocycles. The van der Waals surface area contributed by atoms with Crippen molar-refractivity contribution in [2.24, 2.45) is 12.8 Å². The fourth-order valence-electron chi connectivity index (χ4n) is 1.14. The van der Waals surface area contributed by atoms with Crippen LogP contribution >= 0.6 is 0 Å². The Kier molecular flexibility index (Phi) is 1.60. The topological polar surface area (TPSA) is 95.3 Å². The summed E-state index contributed by atoms with van der Waals surface area (Å²) in [5.41, 5.74) is 4.91. The van der Waals surface area contributed by atoms with E-state index in [-0.39, 0.29) is 17.0 Å². The van der Waals surface area contributed by atoms with Crippen LogP contribution < -0.4 is 11.4 Å². The van der Waals surface area contributed by atoms with Gasteiger partial charge in [0.15, 0.2) is 11.3 Å². The number of imidazole rings is 1. The molecule has 2 aromatic rings. The van der Waals surface area contributed by atoms with Crippen molar-refractivity contribution in [3.63, 3.8) is 0 Å². The number of hydrogen-bond donors (Lipinski definition) is 1. The number of primary amides is 1. The van der Waals surface area contributed by atoms with Gasteiger partial charge in [0.05, 0.1) is 0 Å². The number of carbonyl (C=O) groups is 1. The maximum absolute atomic E-state index is 11.5. The summed E-state index contributed by atoms with van der Waals surface area (Å²) in [6.45, 7) is 0. The van der Waals surface area contributed by atoms with Gasteiger partial charge >= 0.3 is 5.69 Å². The average molecular weight is 193 g/mol. The first-order valence-corrected chi connectivity index (χ1v) is 3.79. The highest BCUT2D eigenvalue weighted by Gasteiger charge is 2.12. The Morgan fingerprint density at radius 1 is 1.43 bits per heavy atom. The molecule has 7 nitrogen and oxygen atoms in total. The first-order valence-electron chi connectivity index (χ1n) is 3.79. The van der Waals surface area contributed by atoms with Gasteiger partial charge < -0.3 is 5.73 Å². The van der Waals surface area contributed by atoms with E-state index in [0.717, 1.165) is 0 Å².